The van der Waals surface area contributed by atoms with E-state index in [0.29, 0.717) is 17.8 Å². The van der Waals surface area contributed by atoms with E-state index in [1.165, 1.54) is 16.7 Å². The van der Waals surface area contributed by atoms with Gasteiger partial charge in [-0.2, -0.15) is 17.0 Å². The van der Waals surface area contributed by atoms with Crippen LogP contribution in [0.1, 0.15) is 53.0 Å². The highest BCUT2D eigenvalue weighted by atomic mass is 32.2. The van der Waals surface area contributed by atoms with E-state index in [1.807, 2.05) is 47.0 Å². The summed E-state index contributed by atoms with van der Waals surface area (Å²) in [5.74, 6) is 1.84. The van der Waals surface area contributed by atoms with Gasteiger partial charge in [0, 0.05) is 34.6 Å². The van der Waals surface area contributed by atoms with Crippen LogP contribution in [0.5, 0.6) is 0 Å². The highest BCUT2D eigenvalue weighted by molar-refractivity contribution is 7.97. The minimum absolute atomic E-state index is 0.113. The highest BCUT2D eigenvalue weighted by Gasteiger charge is 2.41. The fourth-order valence-electron chi connectivity index (χ4n) is 6.31. The number of hydrogen-bond donors (Lipinski definition) is 1. The molecule has 1 aliphatic carbocycles. The fourth-order valence-corrected chi connectivity index (χ4v) is 7.37. The van der Waals surface area contributed by atoms with Crippen molar-refractivity contribution in [2.75, 3.05) is 4.90 Å². The predicted molar refractivity (Wildman–Crippen MR) is 169 cm³/mol. The molecule has 2 aliphatic rings. The van der Waals surface area contributed by atoms with Crippen molar-refractivity contribution in [2.24, 2.45) is 5.73 Å². The number of anilines is 1. The Kier molecular flexibility index (Phi) is 7.43. The van der Waals surface area contributed by atoms with E-state index in [4.69, 9.17) is 5.73 Å². The second-order valence-electron chi connectivity index (χ2n) is 10.9. The van der Waals surface area contributed by atoms with Crippen LogP contribution in [-0.2, 0) is 16.3 Å². The molecule has 0 aromatic heterocycles. The third kappa shape index (κ3) is 4.94. The fraction of sp³-hybridized carbons (Fsp3) is 0.222. The highest BCUT2D eigenvalue weighted by Crippen LogP contribution is 2.48. The van der Waals surface area contributed by atoms with E-state index in [1.54, 1.807) is 0 Å². The van der Waals surface area contributed by atoms with Crippen molar-refractivity contribution >= 4 is 34.0 Å². The topological polar surface area (TPSA) is 70.1 Å². The second kappa shape index (κ2) is 11.3. The van der Waals surface area contributed by atoms with Crippen molar-refractivity contribution in [3.8, 4) is 6.07 Å². The SMILES string of the molecule is Cc1cc(C)c(C2C(C#N)=C(N)N(c3cccc4ccccc34)C3=C2C(=O)CCC3)cc1CSCc1ccccc1. The molecule has 0 saturated heterocycles. The maximum absolute atomic E-state index is 13.8. The van der Waals surface area contributed by atoms with Gasteiger partial charge in [-0.15, -0.1) is 0 Å². The summed E-state index contributed by atoms with van der Waals surface area (Å²) >= 11 is 1.88. The van der Waals surface area contributed by atoms with Crippen molar-refractivity contribution < 1.29 is 4.79 Å². The smallest absolute Gasteiger partial charge is 0.161 e. The summed E-state index contributed by atoms with van der Waals surface area (Å²) in [6, 6.07) is 31.7. The van der Waals surface area contributed by atoms with Gasteiger partial charge in [0.1, 0.15) is 5.82 Å². The maximum Gasteiger partial charge on any atom is 0.161 e. The van der Waals surface area contributed by atoms with Gasteiger partial charge in [0.2, 0.25) is 0 Å². The van der Waals surface area contributed by atoms with Crippen LogP contribution in [-0.4, -0.2) is 5.78 Å². The lowest BCUT2D eigenvalue weighted by molar-refractivity contribution is -0.116. The van der Waals surface area contributed by atoms with E-state index in [2.05, 4.69) is 74.5 Å². The first kappa shape index (κ1) is 26.9. The van der Waals surface area contributed by atoms with Crippen LogP contribution in [0, 0.1) is 25.2 Å². The molecule has 6 rings (SSSR count). The minimum Gasteiger partial charge on any atom is -0.384 e. The lowest BCUT2D eigenvalue weighted by Gasteiger charge is -2.40. The number of aryl methyl sites for hydroxylation is 2. The zero-order valence-corrected chi connectivity index (χ0v) is 24.3. The third-order valence-corrected chi connectivity index (χ3v) is 9.38. The second-order valence-corrected chi connectivity index (χ2v) is 11.9. The zero-order chi connectivity index (χ0) is 28.5. The Bertz CT molecular complexity index is 1760. The van der Waals surface area contributed by atoms with Crippen LogP contribution >= 0.6 is 11.8 Å². The summed E-state index contributed by atoms with van der Waals surface area (Å²) in [7, 11) is 0. The third-order valence-electron chi connectivity index (χ3n) is 8.33. The number of benzene rings is 4. The molecule has 0 radical (unpaired) electrons. The van der Waals surface area contributed by atoms with Gasteiger partial charge < -0.3 is 5.73 Å². The number of thioether (sulfide) groups is 1. The minimum atomic E-state index is -0.465. The number of carbonyl (C=O) groups is 1. The molecule has 1 unspecified atom stereocenters. The van der Waals surface area contributed by atoms with Crippen LogP contribution in [0.15, 0.2) is 108 Å². The molecule has 0 fully saturated rings. The number of allylic oxidation sites excluding steroid dienone is 3. The first-order valence-corrected chi connectivity index (χ1v) is 15.3. The number of rotatable bonds is 6. The van der Waals surface area contributed by atoms with Crippen LogP contribution < -0.4 is 10.6 Å². The molecule has 1 aliphatic heterocycles. The molecule has 0 amide bonds. The molecule has 5 heteroatoms. The Labute approximate surface area is 246 Å². The van der Waals surface area contributed by atoms with Gasteiger partial charge in [-0.25, -0.2) is 0 Å². The van der Waals surface area contributed by atoms with E-state index >= 15 is 0 Å². The molecule has 4 aromatic rings. The first-order valence-electron chi connectivity index (χ1n) is 14.1. The largest absolute Gasteiger partial charge is 0.384 e. The molecule has 0 spiro atoms. The maximum atomic E-state index is 13.8. The van der Waals surface area contributed by atoms with Crippen LogP contribution in [0.3, 0.4) is 0 Å². The van der Waals surface area contributed by atoms with Gasteiger partial charge in [0.05, 0.1) is 23.2 Å². The molecule has 1 heterocycles. The Morgan fingerprint density at radius 1 is 0.927 bits per heavy atom. The number of hydrogen-bond acceptors (Lipinski definition) is 5. The molecular weight excluding hydrogens is 522 g/mol. The number of nitrogens with two attached hydrogens (primary N) is 1. The van der Waals surface area contributed by atoms with Gasteiger partial charge in [-0.05, 0) is 66.0 Å². The van der Waals surface area contributed by atoms with Crippen molar-refractivity contribution in [1.82, 2.24) is 0 Å². The normalized spacial score (nSPS) is 17.1. The number of nitriles is 1. The average molecular weight is 556 g/mol. The van der Waals surface area contributed by atoms with Crippen LogP contribution in [0.2, 0.25) is 0 Å². The van der Waals surface area contributed by atoms with Crippen molar-refractivity contribution in [3.05, 3.63) is 135 Å². The van der Waals surface area contributed by atoms with Gasteiger partial charge in [0.15, 0.2) is 5.78 Å². The first-order chi connectivity index (χ1) is 20.0. The standard InChI is InChI=1S/C36H33N3OS/c1-23-18-24(2)29(19-27(23)22-41-21-25-10-4-3-5-11-25)34-30(20-37)36(38)39(32-16-9-17-33(40)35(32)34)31-15-8-13-26-12-6-7-14-28(26)31/h3-8,10-15,18-19,34H,9,16-17,21-22,38H2,1-2H3. The van der Waals surface area contributed by atoms with Gasteiger partial charge in [0.25, 0.3) is 0 Å². The molecule has 1 atom stereocenters. The number of fused-ring (bicyclic) bond motifs is 1. The molecule has 41 heavy (non-hydrogen) atoms. The Morgan fingerprint density at radius 2 is 1.68 bits per heavy atom. The molecular formula is C36H33N3OS. The quantitative estimate of drug-likeness (QED) is 0.260. The zero-order valence-electron chi connectivity index (χ0n) is 23.5. The summed E-state index contributed by atoms with van der Waals surface area (Å²) in [5, 5.41) is 12.7. The van der Waals surface area contributed by atoms with E-state index in [-0.39, 0.29) is 5.78 Å². The van der Waals surface area contributed by atoms with Gasteiger partial charge in [-0.3, -0.25) is 9.69 Å². The number of carbonyl (C=O) groups excluding carboxylic acids is 1. The van der Waals surface area contributed by atoms with E-state index < -0.39 is 5.92 Å². The monoisotopic (exact) mass is 555 g/mol. The Hall–Kier alpha value is -4.27. The molecule has 204 valence electrons. The van der Waals surface area contributed by atoms with E-state index in [9.17, 15) is 10.1 Å². The molecule has 0 bridgehead atoms. The summed E-state index contributed by atoms with van der Waals surface area (Å²) in [6.07, 6.45) is 2.00. The lowest BCUT2D eigenvalue weighted by atomic mass is 9.74. The number of nitrogens with zero attached hydrogens (tertiary/aromatic N) is 2. The summed E-state index contributed by atoms with van der Waals surface area (Å²) in [4.78, 5) is 15.7. The number of ketones is 1. The Balaban J connectivity index is 1.46. The summed E-state index contributed by atoms with van der Waals surface area (Å²) in [5.41, 5.74) is 15.8. The Morgan fingerprint density at radius 3 is 2.49 bits per heavy atom. The van der Waals surface area contributed by atoms with Gasteiger partial charge in [-0.1, -0.05) is 78.9 Å². The van der Waals surface area contributed by atoms with Gasteiger partial charge >= 0.3 is 0 Å². The molecule has 2 N–H and O–H groups in total. The molecule has 4 nitrogen and oxygen atoms in total. The van der Waals surface area contributed by atoms with Crippen molar-refractivity contribution in [3.63, 3.8) is 0 Å². The van der Waals surface area contributed by atoms with Crippen LogP contribution in [0.25, 0.3) is 10.8 Å². The number of Topliss-reactive ketones (excluding diaryl/α,β-unsaturated/α-hetero) is 1. The summed E-state index contributed by atoms with van der Waals surface area (Å²) in [6.45, 7) is 4.23. The van der Waals surface area contributed by atoms with Crippen LogP contribution in [0.4, 0.5) is 5.69 Å². The lowest BCUT2D eigenvalue weighted by Crippen LogP contribution is -2.39. The van der Waals surface area contributed by atoms with E-state index in [0.717, 1.165) is 63.2 Å². The molecule has 4 aromatic carbocycles. The molecule has 0 saturated carbocycles. The van der Waals surface area contributed by atoms with Crippen molar-refractivity contribution in [1.29, 1.82) is 5.26 Å². The predicted octanol–water partition coefficient (Wildman–Crippen LogP) is 8.19. The van der Waals surface area contributed by atoms with Crippen molar-refractivity contribution in [2.45, 2.75) is 50.5 Å². The summed E-state index contributed by atoms with van der Waals surface area (Å²) < 4.78 is 0. The average Bonchev–Trinajstić information content (AvgIpc) is 2.98.